The lowest BCUT2D eigenvalue weighted by Gasteiger charge is -2.22. The molecule has 1 atom stereocenters. The van der Waals surface area contributed by atoms with Gasteiger partial charge in [-0.15, -0.1) is 16.9 Å². The van der Waals surface area contributed by atoms with Crippen LogP contribution in [0.1, 0.15) is 23.7 Å². The summed E-state index contributed by atoms with van der Waals surface area (Å²) < 4.78 is 1.55. The van der Waals surface area contributed by atoms with Crippen molar-refractivity contribution in [3.05, 3.63) is 60.4 Å². The third-order valence-electron chi connectivity index (χ3n) is 4.20. The standard InChI is InChI=1S/C18H17N5OS/c1-13-9-10-22(16-7-2-3-8-17(16)25-13)18(24)14-5-4-6-15(11-14)23-12-19-20-21-23/h2-8,11-13H,9-10H2,1H3/t13-/m1/s1. The molecule has 1 aliphatic rings. The molecule has 0 N–H and O–H groups in total. The first kappa shape index (κ1) is 15.8. The smallest absolute Gasteiger partial charge is 0.258 e. The molecule has 25 heavy (non-hydrogen) atoms. The van der Waals surface area contributed by atoms with E-state index in [0.29, 0.717) is 17.4 Å². The second kappa shape index (κ2) is 6.68. The van der Waals surface area contributed by atoms with Gasteiger partial charge < -0.3 is 4.90 Å². The summed E-state index contributed by atoms with van der Waals surface area (Å²) in [6.07, 6.45) is 2.47. The van der Waals surface area contributed by atoms with Crippen LogP contribution in [0, 0.1) is 0 Å². The molecule has 0 unspecified atom stereocenters. The number of anilines is 1. The molecule has 126 valence electrons. The van der Waals surface area contributed by atoms with Gasteiger partial charge in [0.1, 0.15) is 6.33 Å². The summed E-state index contributed by atoms with van der Waals surface area (Å²) in [5.74, 6) is -0.00271. The molecule has 0 saturated carbocycles. The SMILES string of the molecule is C[C@@H]1CCN(C(=O)c2cccc(-n3cnnn3)c2)c2ccccc2S1. The maximum Gasteiger partial charge on any atom is 0.258 e. The van der Waals surface area contributed by atoms with Crippen LogP contribution in [0.15, 0.2) is 59.8 Å². The van der Waals surface area contributed by atoms with E-state index in [1.54, 1.807) is 4.68 Å². The first-order chi connectivity index (χ1) is 12.2. The number of amides is 1. The molecule has 2 heterocycles. The number of aromatic nitrogens is 4. The number of nitrogens with zero attached hydrogens (tertiary/aromatic N) is 5. The first-order valence-electron chi connectivity index (χ1n) is 8.13. The molecule has 0 radical (unpaired) electrons. The molecular formula is C18H17N5OS. The van der Waals surface area contributed by atoms with E-state index in [4.69, 9.17) is 0 Å². The van der Waals surface area contributed by atoms with E-state index in [-0.39, 0.29) is 5.91 Å². The fourth-order valence-electron chi connectivity index (χ4n) is 2.91. The second-order valence-electron chi connectivity index (χ2n) is 5.95. The van der Waals surface area contributed by atoms with E-state index >= 15 is 0 Å². The number of tetrazole rings is 1. The summed E-state index contributed by atoms with van der Waals surface area (Å²) in [4.78, 5) is 16.2. The van der Waals surface area contributed by atoms with Crippen molar-refractivity contribution in [2.45, 2.75) is 23.5 Å². The van der Waals surface area contributed by atoms with Gasteiger partial charge in [0.05, 0.1) is 11.4 Å². The Morgan fingerprint density at radius 1 is 1.20 bits per heavy atom. The van der Waals surface area contributed by atoms with Crippen molar-refractivity contribution in [2.75, 3.05) is 11.4 Å². The number of rotatable bonds is 2. The van der Waals surface area contributed by atoms with Crippen LogP contribution in [0.5, 0.6) is 0 Å². The number of carbonyl (C=O) groups excluding carboxylic acids is 1. The van der Waals surface area contributed by atoms with Crippen molar-refractivity contribution in [2.24, 2.45) is 0 Å². The molecule has 3 aromatic rings. The average Bonchev–Trinajstić information content (AvgIpc) is 3.12. The highest BCUT2D eigenvalue weighted by Crippen LogP contribution is 2.37. The van der Waals surface area contributed by atoms with Crippen LogP contribution in [0.2, 0.25) is 0 Å². The number of benzene rings is 2. The van der Waals surface area contributed by atoms with E-state index < -0.39 is 0 Å². The molecule has 1 aliphatic heterocycles. The molecule has 0 bridgehead atoms. The summed E-state index contributed by atoms with van der Waals surface area (Å²) in [5, 5.41) is 11.7. The minimum Gasteiger partial charge on any atom is -0.307 e. The number of para-hydroxylation sites is 1. The predicted molar refractivity (Wildman–Crippen MR) is 97.2 cm³/mol. The molecular weight excluding hydrogens is 334 g/mol. The van der Waals surface area contributed by atoms with Crippen LogP contribution in [0.25, 0.3) is 5.69 Å². The molecule has 4 rings (SSSR count). The van der Waals surface area contributed by atoms with E-state index in [1.807, 2.05) is 59.1 Å². The summed E-state index contributed by atoms with van der Waals surface area (Å²) in [7, 11) is 0. The average molecular weight is 351 g/mol. The Bertz CT molecular complexity index is 896. The largest absolute Gasteiger partial charge is 0.307 e. The third-order valence-corrected chi connectivity index (χ3v) is 5.43. The van der Waals surface area contributed by atoms with Gasteiger partial charge in [-0.3, -0.25) is 4.79 Å². The van der Waals surface area contributed by atoms with Gasteiger partial charge in [0.25, 0.3) is 5.91 Å². The van der Waals surface area contributed by atoms with E-state index in [1.165, 1.54) is 6.33 Å². The van der Waals surface area contributed by atoms with Gasteiger partial charge in [-0.1, -0.05) is 25.1 Å². The maximum absolute atomic E-state index is 13.2. The zero-order chi connectivity index (χ0) is 17.2. The fourth-order valence-corrected chi connectivity index (χ4v) is 4.03. The predicted octanol–water partition coefficient (Wildman–Crippen LogP) is 3.19. The Morgan fingerprint density at radius 2 is 2.08 bits per heavy atom. The zero-order valence-electron chi connectivity index (χ0n) is 13.7. The van der Waals surface area contributed by atoms with Crippen LogP contribution in [-0.4, -0.2) is 37.9 Å². The Labute approximate surface area is 149 Å². The van der Waals surface area contributed by atoms with Crippen LogP contribution in [0.4, 0.5) is 5.69 Å². The van der Waals surface area contributed by atoms with Gasteiger partial charge >= 0.3 is 0 Å². The van der Waals surface area contributed by atoms with E-state index in [0.717, 1.165) is 22.7 Å². The molecule has 0 fully saturated rings. The molecule has 0 spiro atoms. The highest BCUT2D eigenvalue weighted by molar-refractivity contribution is 8.00. The summed E-state index contributed by atoms with van der Waals surface area (Å²) in [6.45, 7) is 2.91. The molecule has 6 nitrogen and oxygen atoms in total. The number of carbonyl (C=O) groups is 1. The van der Waals surface area contributed by atoms with Crippen molar-refractivity contribution < 1.29 is 4.79 Å². The van der Waals surface area contributed by atoms with Crippen LogP contribution >= 0.6 is 11.8 Å². The van der Waals surface area contributed by atoms with Crippen LogP contribution < -0.4 is 4.90 Å². The van der Waals surface area contributed by atoms with Gasteiger partial charge in [0.15, 0.2) is 0 Å². The number of hydrogen-bond acceptors (Lipinski definition) is 5. The lowest BCUT2D eigenvalue weighted by Crippen LogP contribution is -2.32. The number of hydrogen-bond donors (Lipinski definition) is 0. The number of thioether (sulfide) groups is 1. The van der Waals surface area contributed by atoms with Crippen molar-refractivity contribution >= 4 is 23.4 Å². The van der Waals surface area contributed by atoms with Gasteiger partial charge in [-0.2, -0.15) is 0 Å². The Balaban J connectivity index is 1.70. The van der Waals surface area contributed by atoms with Crippen molar-refractivity contribution in [3.8, 4) is 5.69 Å². The minimum atomic E-state index is -0.00271. The van der Waals surface area contributed by atoms with Crippen molar-refractivity contribution in [1.29, 1.82) is 0 Å². The summed E-state index contributed by atoms with van der Waals surface area (Å²) >= 11 is 1.83. The molecule has 1 amide bonds. The minimum absolute atomic E-state index is 0.00271. The molecule has 0 aliphatic carbocycles. The van der Waals surface area contributed by atoms with Gasteiger partial charge in [-0.05, 0) is 47.2 Å². The van der Waals surface area contributed by atoms with Gasteiger partial charge in [0.2, 0.25) is 0 Å². The van der Waals surface area contributed by atoms with Crippen LogP contribution in [-0.2, 0) is 0 Å². The first-order valence-corrected chi connectivity index (χ1v) is 9.01. The van der Waals surface area contributed by atoms with Gasteiger partial charge in [0, 0.05) is 22.3 Å². The molecule has 0 saturated heterocycles. The summed E-state index contributed by atoms with van der Waals surface area (Å²) in [5.41, 5.74) is 2.37. The zero-order valence-corrected chi connectivity index (χ0v) is 14.6. The Morgan fingerprint density at radius 3 is 2.92 bits per heavy atom. The second-order valence-corrected chi connectivity index (χ2v) is 7.43. The molecule has 1 aromatic heterocycles. The maximum atomic E-state index is 13.2. The lowest BCUT2D eigenvalue weighted by atomic mass is 10.1. The van der Waals surface area contributed by atoms with Gasteiger partial charge in [-0.25, -0.2) is 4.68 Å². The normalized spacial score (nSPS) is 17.0. The van der Waals surface area contributed by atoms with E-state index in [2.05, 4.69) is 28.5 Å². The van der Waals surface area contributed by atoms with Crippen LogP contribution in [0.3, 0.4) is 0 Å². The third kappa shape index (κ3) is 3.15. The summed E-state index contributed by atoms with van der Waals surface area (Å²) in [6, 6.07) is 15.5. The molecule has 2 aromatic carbocycles. The monoisotopic (exact) mass is 351 g/mol. The number of fused-ring (bicyclic) bond motifs is 1. The quantitative estimate of drug-likeness (QED) is 0.709. The fraction of sp³-hybridized carbons (Fsp3) is 0.222. The molecule has 7 heteroatoms. The highest BCUT2D eigenvalue weighted by atomic mass is 32.2. The van der Waals surface area contributed by atoms with E-state index in [9.17, 15) is 4.79 Å². The lowest BCUT2D eigenvalue weighted by molar-refractivity contribution is 0.0986. The topological polar surface area (TPSA) is 63.9 Å². The Kier molecular flexibility index (Phi) is 4.23. The van der Waals surface area contributed by atoms with Crippen molar-refractivity contribution in [1.82, 2.24) is 20.2 Å². The van der Waals surface area contributed by atoms with Crippen molar-refractivity contribution in [3.63, 3.8) is 0 Å². The Hall–Kier alpha value is -2.67. The highest BCUT2D eigenvalue weighted by Gasteiger charge is 2.25.